The number of aryl methyl sites for hydroxylation is 1. The number of para-hydroxylation sites is 2. The highest BCUT2D eigenvalue weighted by Crippen LogP contribution is 2.13. The van der Waals surface area contributed by atoms with E-state index in [1.54, 1.807) is 15.2 Å². The first-order valence-electron chi connectivity index (χ1n) is 13.6. The quantitative estimate of drug-likeness (QED) is 0.331. The highest BCUT2D eigenvalue weighted by Gasteiger charge is 2.16. The summed E-state index contributed by atoms with van der Waals surface area (Å²) in [4.78, 5) is 29.3. The summed E-state index contributed by atoms with van der Waals surface area (Å²) < 4.78 is 14.1. The number of piperazine rings is 1. The van der Waals surface area contributed by atoms with Crippen LogP contribution in [0, 0.1) is 0 Å². The van der Waals surface area contributed by atoms with Gasteiger partial charge >= 0.3 is 11.5 Å². The van der Waals surface area contributed by atoms with Crippen molar-refractivity contribution >= 4 is 23.3 Å². The van der Waals surface area contributed by atoms with Gasteiger partial charge in [-0.3, -0.25) is 9.13 Å². The van der Waals surface area contributed by atoms with Gasteiger partial charge in [0.25, 0.3) is 0 Å². The van der Waals surface area contributed by atoms with Gasteiger partial charge in [0.1, 0.15) is 0 Å². The van der Waals surface area contributed by atoms with Crippen molar-refractivity contribution in [3.63, 3.8) is 0 Å². The zero-order valence-corrected chi connectivity index (χ0v) is 22.1. The first-order valence-corrected chi connectivity index (χ1v) is 13.6. The molecule has 0 unspecified atom stereocenters. The minimum absolute atomic E-state index is 0.257. The van der Waals surface area contributed by atoms with E-state index in [1.165, 1.54) is 0 Å². The molecule has 0 amide bonds. The van der Waals surface area contributed by atoms with Gasteiger partial charge in [0, 0.05) is 39.3 Å². The van der Waals surface area contributed by atoms with Crippen LogP contribution in [0.4, 0.5) is 0 Å². The van der Waals surface area contributed by atoms with Crippen LogP contribution in [0.15, 0.2) is 55.3 Å². The van der Waals surface area contributed by atoms with Crippen molar-refractivity contribution < 1.29 is 8.83 Å². The van der Waals surface area contributed by atoms with Crippen LogP contribution < -0.4 is 22.3 Å². The molecule has 0 bridgehead atoms. The molecule has 4 rings (SSSR count). The number of hydrogen-bond donors (Lipinski definition) is 0. The normalized spacial score (nSPS) is 16.2. The van der Waals surface area contributed by atoms with Crippen LogP contribution in [0.2, 0.25) is 0 Å². The van der Waals surface area contributed by atoms with Crippen LogP contribution in [0.25, 0.3) is 23.3 Å². The predicted octanol–water partition coefficient (Wildman–Crippen LogP) is 2.77. The molecule has 0 saturated carbocycles. The minimum atomic E-state index is -0.291. The Morgan fingerprint density at radius 1 is 0.784 bits per heavy atom. The smallest absolute Gasteiger partial charge is 0.408 e. The zero-order chi connectivity index (χ0) is 26.0. The Morgan fingerprint density at radius 2 is 1.35 bits per heavy atom. The van der Waals surface area contributed by atoms with Gasteiger partial charge in [0.2, 0.25) is 0 Å². The van der Waals surface area contributed by atoms with Gasteiger partial charge in [-0.25, -0.2) is 9.59 Å². The van der Waals surface area contributed by atoms with E-state index < -0.39 is 0 Å². The van der Waals surface area contributed by atoms with Gasteiger partial charge < -0.3 is 18.6 Å². The van der Waals surface area contributed by atoms with Gasteiger partial charge in [-0.05, 0) is 70.0 Å². The van der Waals surface area contributed by atoms with Gasteiger partial charge in [0.15, 0.2) is 11.0 Å². The fourth-order valence-electron chi connectivity index (χ4n) is 5.16. The molecule has 0 aliphatic carbocycles. The lowest BCUT2D eigenvalue weighted by Crippen LogP contribution is -2.46. The van der Waals surface area contributed by atoms with Crippen LogP contribution in [0.1, 0.15) is 45.4 Å². The van der Waals surface area contributed by atoms with Crippen LogP contribution in [-0.2, 0) is 13.1 Å². The maximum Gasteiger partial charge on any atom is 0.419 e. The number of allylic oxidation sites excluding steroid dienone is 1. The van der Waals surface area contributed by atoms with E-state index in [-0.39, 0.29) is 11.5 Å². The molecule has 3 heterocycles. The summed E-state index contributed by atoms with van der Waals surface area (Å²) >= 11 is 0. The Bertz CT molecular complexity index is 1390. The Hall–Kier alpha value is -3.10. The van der Waals surface area contributed by atoms with Crippen molar-refractivity contribution in [3.05, 3.63) is 68.8 Å². The molecule has 1 aliphatic heterocycles. The van der Waals surface area contributed by atoms with E-state index in [0.29, 0.717) is 24.1 Å². The van der Waals surface area contributed by atoms with Crippen LogP contribution >= 0.6 is 0 Å². The van der Waals surface area contributed by atoms with Crippen molar-refractivity contribution in [3.8, 4) is 0 Å². The molecular weight excluding hydrogens is 468 g/mol. The molecule has 8 heteroatoms. The van der Waals surface area contributed by atoms with Crippen molar-refractivity contribution in [2.45, 2.75) is 58.5 Å². The van der Waals surface area contributed by atoms with Crippen LogP contribution in [-0.4, -0.2) is 58.2 Å². The summed E-state index contributed by atoms with van der Waals surface area (Å²) in [6, 6.07) is 7.62. The van der Waals surface area contributed by atoms with Gasteiger partial charge in [0.05, 0.1) is 10.9 Å². The lowest BCUT2D eigenvalue weighted by molar-refractivity contribution is 0.129. The second kappa shape index (κ2) is 13.4. The molecule has 37 heavy (non-hydrogen) atoms. The molecule has 0 N–H and O–H groups in total. The fourth-order valence-corrected chi connectivity index (χ4v) is 5.16. The lowest BCUT2D eigenvalue weighted by Gasteiger charge is -2.34. The highest BCUT2D eigenvalue weighted by atomic mass is 16.4. The van der Waals surface area contributed by atoms with Crippen LogP contribution in [0.5, 0.6) is 0 Å². The molecule has 1 saturated heterocycles. The second-order valence-corrected chi connectivity index (χ2v) is 9.75. The van der Waals surface area contributed by atoms with Crippen molar-refractivity contribution in [2.75, 3.05) is 39.3 Å². The summed E-state index contributed by atoms with van der Waals surface area (Å²) in [7, 11) is 0. The Morgan fingerprint density at radius 3 is 1.97 bits per heavy atom. The average Bonchev–Trinajstić information content (AvgIpc) is 3.39. The summed E-state index contributed by atoms with van der Waals surface area (Å²) in [5, 5.41) is 0.808. The first-order chi connectivity index (χ1) is 18.1. The number of hydrogen-bond acceptors (Lipinski definition) is 6. The highest BCUT2D eigenvalue weighted by molar-refractivity contribution is 5.72. The molecular formula is C29H40N4O4. The van der Waals surface area contributed by atoms with E-state index in [0.717, 1.165) is 88.7 Å². The standard InChI is InChI=1S/C29H40N4O4/c1-3-13-24-26(4-2)36-28(34)32(24)18-11-5-9-16-30-20-22-31(23-21-30)17-10-6-12-19-33-25-14-7-8-15-27(25)37-29(33)35/h3-4,7-8,13-15H,1,5-6,9-12,16-23H2,2H3/b24-13+,26-4+. The summed E-state index contributed by atoms with van der Waals surface area (Å²) in [6.07, 6.45) is 11.8. The SMILES string of the molecule is C=C/C=c1\c(=C/C)oc(=O)n1CCCCCN1CCN(CCCCCn2c(=O)oc3ccccc32)CC1. The lowest BCUT2D eigenvalue weighted by atomic mass is 10.2. The molecule has 0 radical (unpaired) electrons. The van der Waals surface area contributed by atoms with Crippen molar-refractivity contribution in [1.29, 1.82) is 0 Å². The van der Waals surface area contributed by atoms with E-state index in [1.807, 2.05) is 43.3 Å². The van der Waals surface area contributed by atoms with E-state index in [4.69, 9.17) is 8.83 Å². The molecule has 200 valence electrons. The fraction of sp³-hybridized carbons (Fsp3) is 0.517. The topological polar surface area (TPSA) is 76.8 Å². The van der Waals surface area contributed by atoms with Crippen molar-refractivity contribution in [1.82, 2.24) is 18.9 Å². The molecule has 2 aromatic heterocycles. The molecule has 0 atom stereocenters. The number of benzene rings is 1. The zero-order valence-electron chi connectivity index (χ0n) is 22.1. The summed E-state index contributed by atoms with van der Waals surface area (Å²) in [6.45, 7) is 13.7. The predicted molar refractivity (Wildman–Crippen MR) is 148 cm³/mol. The number of nitrogens with zero attached hydrogens (tertiary/aromatic N) is 4. The third-order valence-electron chi connectivity index (χ3n) is 7.25. The van der Waals surface area contributed by atoms with E-state index in [9.17, 15) is 9.59 Å². The number of rotatable bonds is 13. The molecule has 1 aromatic carbocycles. The third kappa shape index (κ3) is 7.02. The van der Waals surface area contributed by atoms with Gasteiger partial charge in [-0.15, -0.1) is 0 Å². The molecule has 0 spiro atoms. The van der Waals surface area contributed by atoms with Crippen molar-refractivity contribution in [2.24, 2.45) is 0 Å². The Labute approximate surface area is 217 Å². The molecule has 1 aliphatic rings. The Kier molecular flexibility index (Phi) is 9.79. The second-order valence-electron chi connectivity index (χ2n) is 9.75. The average molecular weight is 509 g/mol. The summed E-state index contributed by atoms with van der Waals surface area (Å²) in [5.41, 5.74) is 2.17. The van der Waals surface area contributed by atoms with E-state index >= 15 is 0 Å². The largest absolute Gasteiger partial charge is 0.419 e. The molecule has 1 fully saturated rings. The maximum atomic E-state index is 12.2. The minimum Gasteiger partial charge on any atom is -0.408 e. The monoisotopic (exact) mass is 508 g/mol. The van der Waals surface area contributed by atoms with Gasteiger partial charge in [-0.1, -0.05) is 37.6 Å². The van der Waals surface area contributed by atoms with Gasteiger partial charge in [-0.2, -0.15) is 0 Å². The van der Waals surface area contributed by atoms with Crippen LogP contribution in [0.3, 0.4) is 0 Å². The molecule has 8 nitrogen and oxygen atoms in total. The first kappa shape index (κ1) is 26.9. The van der Waals surface area contributed by atoms with E-state index in [2.05, 4.69) is 16.4 Å². The number of aromatic nitrogens is 2. The maximum absolute atomic E-state index is 12.2. The summed E-state index contributed by atoms with van der Waals surface area (Å²) in [5.74, 6) is -0.547. The Balaban J connectivity index is 1.08. The number of fused-ring (bicyclic) bond motifs is 1. The molecule has 3 aromatic rings. The number of unbranched alkanes of at least 4 members (excludes halogenated alkanes) is 4. The third-order valence-corrected chi connectivity index (χ3v) is 7.25. The number of oxazole rings is 2.